The molecule has 0 bridgehead atoms. The van der Waals surface area contributed by atoms with Crippen molar-refractivity contribution >= 4 is 22.9 Å². The van der Waals surface area contributed by atoms with Crippen molar-refractivity contribution in [3.63, 3.8) is 0 Å². The lowest BCUT2D eigenvalue weighted by Crippen LogP contribution is -1.95. The second kappa shape index (κ2) is 3.20. The van der Waals surface area contributed by atoms with Gasteiger partial charge in [0.1, 0.15) is 11.1 Å². The molecule has 0 saturated heterocycles. The van der Waals surface area contributed by atoms with Crippen LogP contribution in [0, 0.1) is 0 Å². The van der Waals surface area contributed by atoms with Crippen LogP contribution in [0.15, 0.2) is 22.6 Å². The lowest BCUT2D eigenvalue weighted by atomic mass is 10.2. The zero-order chi connectivity index (χ0) is 11.0. The number of oxazole rings is 1. The molecule has 1 heterocycles. The Bertz CT molecular complexity index is 556. The van der Waals surface area contributed by atoms with Crippen LogP contribution in [0.25, 0.3) is 11.1 Å². The maximum absolute atomic E-state index is 11.0. The van der Waals surface area contributed by atoms with Crippen LogP contribution >= 0.6 is 0 Å². The van der Waals surface area contributed by atoms with E-state index in [2.05, 4.69) is 4.98 Å². The van der Waals surface area contributed by atoms with Crippen LogP contribution in [-0.2, 0) is 0 Å². The molecule has 76 valence electrons. The maximum Gasteiger partial charge on any atom is 0.339 e. The first kappa shape index (κ1) is 9.39. The van der Waals surface area contributed by atoms with Gasteiger partial charge in [-0.25, -0.2) is 9.78 Å². The Morgan fingerprint density at radius 1 is 1.40 bits per heavy atom. The van der Waals surface area contributed by atoms with Gasteiger partial charge >= 0.3 is 5.97 Å². The predicted octanol–water partition coefficient (Wildman–Crippen LogP) is 1.73. The third-order valence-corrected chi connectivity index (χ3v) is 1.95. The third-order valence-electron chi connectivity index (χ3n) is 1.95. The molecule has 1 aromatic carbocycles. The molecule has 5 heteroatoms. The normalized spacial score (nSPS) is 10.5. The summed E-state index contributed by atoms with van der Waals surface area (Å²) in [6.45, 7) is 1.31. The number of carbonyl (C=O) groups excluding carboxylic acids is 1. The van der Waals surface area contributed by atoms with Gasteiger partial charge in [0, 0.05) is 6.92 Å². The van der Waals surface area contributed by atoms with E-state index >= 15 is 0 Å². The molecule has 1 N–H and O–H groups in total. The molecule has 0 saturated carbocycles. The Hall–Kier alpha value is -2.17. The SMILES string of the molecule is CC(=O)c1nc2cccc(C(=O)O)c2o1. The molecule has 1 aromatic heterocycles. The van der Waals surface area contributed by atoms with Gasteiger partial charge in [0.2, 0.25) is 5.78 Å². The van der Waals surface area contributed by atoms with Gasteiger partial charge in [0.25, 0.3) is 5.89 Å². The van der Waals surface area contributed by atoms with Crippen molar-refractivity contribution in [3.05, 3.63) is 29.7 Å². The zero-order valence-corrected chi connectivity index (χ0v) is 7.85. The first-order valence-electron chi connectivity index (χ1n) is 4.23. The van der Waals surface area contributed by atoms with Crippen LogP contribution in [-0.4, -0.2) is 21.8 Å². The number of hydrogen-bond acceptors (Lipinski definition) is 4. The van der Waals surface area contributed by atoms with E-state index in [1.165, 1.54) is 13.0 Å². The molecule has 0 unspecified atom stereocenters. The lowest BCUT2D eigenvalue weighted by molar-refractivity contribution is 0.0697. The molecule has 0 aliphatic rings. The van der Waals surface area contributed by atoms with E-state index < -0.39 is 5.97 Å². The van der Waals surface area contributed by atoms with E-state index in [0.29, 0.717) is 5.52 Å². The average molecular weight is 205 g/mol. The smallest absolute Gasteiger partial charge is 0.339 e. The summed E-state index contributed by atoms with van der Waals surface area (Å²) in [5.74, 6) is -1.51. The zero-order valence-electron chi connectivity index (χ0n) is 7.85. The number of carboxylic acid groups (broad SMARTS) is 1. The molecule has 0 spiro atoms. The van der Waals surface area contributed by atoms with Gasteiger partial charge in [-0.2, -0.15) is 0 Å². The van der Waals surface area contributed by atoms with Crippen molar-refractivity contribution in [2.45, 2.75) is 6.92 Å². The van der Waals surface area contributed by atoms with Crippen molar-refractivity contribution in [1.82, 2.24) is 4.98 Å². The molecule has 0 aliphatic carbocycles. The molecule has 0 atom stereocenters. The number of ketones is 1. The number of nitrogens with zero attached hydrogens (tertiary/aromatic N) is 1. The molecule has 0 amide bonds. The number of hydrogen-bond donors (Lipinski definition) is 1. The summed E-state index contributed by atoms with van der Waals surface area (Å²) < 4.78 is 5.08. The molecule has 5 nitrogen and oxygen atoms in total. The number of para-hydroxylation sites is 1. The van der Waals surface area contributed by atoms with E-state index in [0.717, 1.165) is 0 Å². The summed E-state index contributed by atoms with van der Waals surface area (Å²) in [6, 6.07) is 4.55. The van der Waals surface area contributed by atoms with Gasteiger partial charge in [-0.05, 0) is 12.1 Å². The number of rotatable bonds is 2. The number of Topliss-reactive ketones (excluding diaryl/α,β-unsaturated/α-hetero) is 1. The predicted molar refractivity (Wildman–Crippen MR) is 51.0 cm³/mol. The molecular formula is C10H7NO4. The topological polar surface area (TPSA) is 80.4 Å². The molecule has 15 heavy (non-hydrogen) atoms. The summed E-state index contributed by atoms with van der Waals surface area (Å²) in [7, 11) is 0. The number of fused-ring (bicyclic) bond motifs is 1. The van der Waals surface area contributed by atoms with Gasteiger partial charge < -0.3 is 9.52 Å². The standard InChI is InChI=1S/C10H7NO4/c1-5(12)9-11-7-4-2-3-6(10(13)14)8(7)15-9/h2-4H,1H3,(H,13,14). The van der Waals surface area contributed by atoms with E-state index in [9.17, 15) is 9.59 Å². The number of carbonyl (C=O) groups is 2. The third kappa shape index (κ3) is 1.48. The van der Waals surface area contributed by atoms with E-state index in [4.69, 9.17) is 9.52 Å². The number of aromatic carboxylic acids is 1. The molecule has 2 aromatic rings. The van der Waals surface area contributed by atoms with Gasteiger partial charge in [0.15, 0.2) is 5.58 Å². The second-order valence-corrected chi connectivity index (χ2v) is 3.03. The highest BCUT2D eigenvalue weighted by molar-refractivity contribution is 6.01. The molecular weight excluding hydrogens is 198 g/mol. The van der Waals surface area contributed by atoms with Gasteiger partial charge in [-0.1, -0.05) is 6.07 Å². The first-order chi connectivity index (χ1) is 7.09. The van der Waals surface area contributed by atoms with Crippen LogP contribution in [0.3, 0.4) is 0 Å². The van der Waals surface area contributed by atoms with Crippen LogP contribution in [0.5, 0.6) is 0 Å². The van der Waals surface area contributed by atoms with Crippen molar-refractivity contribution in [2.24, 2.45) is 0 Å². The highest BCUT2D eigenvalue weighted by Gasteiger charge is 2.16. The molecule has 0 aliphatic heterocycles. The molecule has 0 fully saturated rings. The fourth-order valence-electron chi connectivity index (χ4n) is 1.27. The van der Waals surface area contributed by atoms with Crippen LogP contribution in [0.2, 0.25) is 0 Å². The first-order valence-corrected chi connectivity index (χ1v) is 4.23. The minimum Gasteiger partial charge on any atom is -0.478 e. The van der Waals surface area contributed by atoms with Gasteiger partial charge in [0.05, 0.1) is 0 Å². The summed E-state index contributed by atoms with van der Waals surface area (Å²) >= 11 is 0. The van der Waals surface area contributed by atoms with E-state index in [-0.39, 0.29) is 22.8 Å². The quantitative estimate of drug-likeness (QED) is 0.755. The number of benzene rings is 1. The van der Waals surface area contributed by atoms with E-state index in [1.54, 1.807) is 12.1 Å². The largest absolute Gasteiger partial charge is 0.478 e. The minimum absolute atomic E-state index is 0.00694. The van der Waals surface area contributed by atoms with Crippen LogP contribution < -0.4 is 0 Å². The second-order valence-electron chi connectivity index (χ2n) is 3.03. The number of aromatic nitrogens is 1. The average Bonchev–Trinajstić information content (AvgIpc) is 2.60. The summed E-state index contributed by atoms with van der Waals surface area (Å²) in [6.07, 6.45) is 0. The summed E-state index contributed by atoms with van der Waals surface area (Å²) in [5.41, 5.74) is 0.516. The van der Waals surface area contributed by atoms with Crippen molar-refractivity contribution < 1.29 is 19.1 Å². The number of carboxylic acids is 1. The van der Waals surface area contributed by atoms with E-state index in [1.807, 2.05) is 0 Å². The lowest BCUT2D eigenvalue weighted by Gasteiger charge is -1.92. The Morgan fingerprint density at radius 3 is 2.73 bits per heavy atom. The Balaban J connectivity index is 2.75. The van der Waals surface area contributed by atoms with Crippen molar-refractivity contribution in [2.75, 3.05) is 0 Å². The van der Waals surface area contributed by atoms with Crippen LogP contribution in [0.1, 0.15) is 28.0 Å². The fourth-order valence-corrected chi connectivity index (χ4v) is 1.27. The van der Waals surface area contributed by atoms with Gasteiger partial charge in [-0.3, -0.25) is 4.79 Å². The highest BCUT2D eigenvalue weighted by atomic mass is 16.4. The summed E-state index contributed by atoms with van der Waals surface area (Å²) in [5, 5.41) is 8.86. The Labute approximate surface area is 84.3 Å². The Morgan fingerprint density at radius 2 is 2.13 bits per heavy atom. The van der Waals surface area contributed by atoms with Crippen LogP contribution in [0.4, 0.5) is 0 Å². The monoisotopic (exact) mass is 205 g/mol. The minimum atomic E-state index is -1.10. The Kier molecular flexibility index (Phi) is 2.00. The fraction of sp³-hybridized carbons (Fsp3) is 0.100. The molecule has 0 radical (unpaired) electrons. The van der Waals surface area contributed by atoms with Crippen molar-refractivity contribution in [3.8, 4) is 0 Å². The summed E-state index contributed by atoms with van der Waals surface area (Å²) in [4.78, 5) is 25.7. The highest BCUT2D eigenvalue weighted by Crippen LogP contribution is 2.20. The van der Waals surface area contributed by atoms with Crippen molar-refractivity contribution in [1.29, 1.82) is 0 Å². The van der Waals surface area contributed by atoms with Gasteiger partial charge in [-0.15, -0.1) is 0 Å². The molecule has 2 rings (SSSR count). The maximum atomic E-state index is 11.0.